The molecule has 0 spiro atoms. The van der Waals surface area contributed by atoms with E-state index in [-0.39, 0.29) is 0 Å². The van der Waals surface area contributed by atoms with Gasteiger partial charge in [0.1, 0.15) is 11.3 Å². The van der Waals surface area contributed by atoms with E-state index in [2.05, 4.69) is 57.3 Å². The quantitative estimate of drug-likeness (QED) is 0.731. The summed E-state index contributed by atoms with van der Waals surface area (Å²) in [5.41, 5.74) is 2.41. The molecule has 0 amide bonds. The highest BCUT2D eigenvalue weighted by Gasteiger charge is 2.17. The molecular weight excluding hydrogens is 246 g/mol. The normalized spacial score (nSPS) is 14.6. The molecule has 0 saturated carbocycles. The minimum Gasteiger partial charge on any atom is -0.459 e. The Morgan fingerprint density at radius 3 is 2.60 bits per heavy atom. The standard InChI is InChI=1S/C18H27NO/c1-5-11-19-16(7-3)17-12-14-9-8-10-15(13(4)6-2)18(14)20-17/h8-10,12-13,16,19H,5-7,11H2,1-4H3. The number of hydrogen-bond donors (Lipinski definition) is 1. The van der Waals surface area contributed by atoms with Crippen molar-refractivity contribution in [2.24, 2.45) is 0 Å². The predicted molar refractivity (Wildman–Crippen MR) is 86.2 cm³/mol. The van der Waals surface area contributed by atoms with Crippen molar-refractivity contribution in [1.29, 1.82) is 0 Å². The summed E-state index contributed by atoms with van der Waals surface area (Å²) in [4.78, 5) is 0. The molecule has 2 atom stereocenters. The summed E-state index contributed by atoms with van der Waals surface area (Å²) in [5, 5.41) is 4.80. The van der Waals surface area contributed by atoms with Crippen molar-refractivity contribution in [3.05, 3.63) is 35.6 Å². The van der Waals surface area contributed by atoms with Gasteiger partial charge in [-0.15, -0.1) is 0 Å². The van der Waals surface area contributed by atoms with Gasteiger partial charge in [0.2, 0.25) is 0 Å². The van der Waals surface area contributed by atoms with Crippen LogP contribution in [0.1, 0.15) is 70.2 Å². The van der Waals surface area contributed by atoms with Crippen LogP contribution >= 0.6 is 0 Å². The van der Waals surface area contributed by atoms with E-state index in [0.717, 1.165) is 37.2 Å². The van der Waals surface area contributed by atoms with Gasteiger partial charge in [0.25, 0.3) is 0 Å². The molecule has 2 nitrogen and oxygen atoms in total. The molecule has 1 aromatic heterocycles. The van der Waals surface area contributed by atoms with Gasteiger partial charge in [-0.3, -0.25) is 0 Å². The average Bonchev–Trinajstić information content (AvgIpc) is 2.90. The van der Waals surface area contributed by atoms with Crippen molar-refractivity contribution in [2.75, 3.05) is 6.54 Å². The van der Waals surface area contributed by atoms with Crippen LogP contribution in [0, 0.1) is 0 Å². The Bertz CT molecular complexity index is 543. The molecular formula is C18H27NO. The molecule has 0 saturated heterocycles. The fourth-order valence-corrected chi connectivity index (χ4v) is 2.65. The maximum Gasteiger partial charge on any atom is 0.137 e. The highest BCUT2D eigenvalue weighted by Crippen LogP contribution is 2.32. The van der Waals surface area contributed by atoms with Gasteiger partial charge in [-0.05, 0) is 43.4 Å². The Labute approximate surface area is 122 Å². The lowest BCUT2D eigenvalue weighted by molar-refractivity contribution is 0.419. The fraction of sp³-hybridized carbons (Fsp3) is 0.556. The number of hydrogen-bond acceptors (Lipinski definition) is 2. The number of fused-ring (bicyclic) bond motifs is 1. The molecule has 2 aromatic rings. The SMILES string of the molecule is CCCNC(CC)c1cc2cccc(C(C)CC)c2o1. The van der Waals surface area contributed by atoms with Crippen LogP contribution in [0.3, 0.4) is 0 Å². The Morgan fingerprint density at radius 1 is 1.15 bits per heavy atom. The van der Waals surface area contributed by atoms with Gasteiger partial charge in [0, 0.05) is 5.39 Å². The summed E-state index contributed by atoms with van der Waals surface area (Å²) in [6.45, 7) is 9.93. The Hall–Kier alpha value is -1.28. The molecule has 20 heavy (non-hydrogen) atoms. The van der Waals surface area contributed by atoms with Crippen LogP contribution in [0.25, 0.3) is 11.0 Å². The molecule has 2 heteroatoms. The van der Waals surface area contributed by atoms with E-state index in [1.807, 2.05) is 0 Å². The van der Waals surface area contributed by atoms with Gasteiger partial charge in [-0.2, -0.15) is 0 Å². The van der Waals surface area contributed by atoms with Crippen LogP contribution in [-0.2, 0) is 0 Å². The largest absolute Gasteiger partial charge is 0.459 e. The van der Waals surface area contributed by atoms with Crippen molar-refractivity contribution < 1.29 is 4.42 Å². The topological polar surface area (TPSA) is 25.2 Å². The van der Waals surface area contributed by atoms with E-state index < -0.39 is 0 Å². The molecule has 0 fully saturated rings. The van der Waals surface area contributed by atoms with E-state index in [0.29, 0.717) is 12.0 Å². The fourth-order valence-electron chi connectivity index (χ4n) is 2.65. The molecule has 1 aromatic carbocycles. The zero-order chi connectivity index (χ0) is 14.5. The average molecular weight is 273 g/mol. The lowest BCUT2D eigenvalue weighted by atomic mass is 9.97. The molecule has 2 unspecified atom stereocenters. The molecule has 0 radical (unpaired) electrons. The van der Waals surface area contributed by atoms with Crippen molar-refractivity contribution in [2.45, 2.75) is 58.9 Å². The van der Waals surface area contributed by atoms with E-state index in [4.69, 9.17) is 4.42 Å². The van der Waals surface area contributed by atoms with Crippen molar-refractivity contribution in [1.82, 2.24) is 5.32 Å². The van der Waals surface area contributed by atoms with Crippen LogP contribution in [-0.4, -0.2) is 6.54 Å². The highest BCUT2D eigenvalue weighted by atomic mass is 16.3. The van der Waals surface area contributed by atoms with Gasteiger partial charge in [0.05, 0.1) is 6.04 Å². The number of rotatable bonds is 7. The second kappa shape index (κ2) is 6.94. The maximum atomic E-state index is 6.21. The first-order chi connectivity index (χ1) is 9.71. The van der Waals surface area contributed by atoms with Gasteiger partial charge in [0.15, 0.2) is 0 Å². The lowest BCUT2D eigenvalue weighted by Gasteiger charge is -2.13. The summed E-state index contributed by atoms with van der Waals surface area (Å²) in [5.74, 6) is 1.62. The Morgan fingerprint density at radius 2 is 1.95 bits per heavy atom. The van der Waals surface area contributed by atoms with E-state index in [9.17, 15) is 0 Å². The van der Waals surface area contributed by atoms with E-state index in [1.165, 1.54) is 10.9 Å². The lowest BCUT2D eigenvalue weighted by Crippen LogP contribution is -2.20. The number of benzene rings is 1. The summed E-state index contributed by atoms with van der Waals surface area (Å²) in [7, 11) is 0. The number of furan rings is 1. The van der Waals surface area contributed by atoms with Crippen LogP contribution in [0.2, 0.25) is 0 Å². The molecule has 0 bridgehead atoms. The van der Waals surface area contributed by atoms with Crippen molar-refractivity contribution in [3.63, 3.8) is 0 Å². The number of para-hydroxylation sites is 1. The first-order valence-corrected chi connectivity index (χ1v) is 7.96. The third-order valence-electron chi connectivity index (χ3n) is 4.13. The monoisotopic (exact) mass is 273 g/mol. The predicted octanol–water partition coefficient (Wildman–Crippen LogP) is 5.40. The summed E-state index contributed by atoms with van der Waals surface area (Å²) in [6, 6.07) is 9.03. The third kappa shape index (κ3) is 3.06. The molecule has 0 aliphatic carbocycles. The Kier molecular flexibility index (Phi) is 5.24. The number of nitrogens with one attached hydrogen (secondary N) is 1. The van der Waals surface area contributed by atoms with Crippen molar-refractivity contribution >= 4 is 11.0 Å². The third-order valence-corrected chi connectivity index (χ3v) is 4.13. The highest BCUT2D eigenvalue weighted by molar-refractivity contribution is 5.81. The minimum absolute atomic E-state index is 0.326. The second-order valence-corrected chi connectivity index (χ2v) is 5.64. The summed E-state index contributed by atoms with van der Waals surface area (Å²) in [6.07, 6.45) is 3.34. The molecule has 0 aliphatic rings. The van der Waals surface area contributed by atoms with Gasteiger partial charge < -0.3 is 9.73 Å². The molecule has 1 N–H and O–H groups in total. The molecule has 110 valence electrons. The summed E-state index contributed by atoms with van der Waals surface area (Å²) >= 11 is 0. The molecule has 1 heterocycles. The summed E-state index contributed by atoms with van der Waals surface area (Å²) < 4.78 is 6.21. The Balaban J connectivity index is 2.37. The first-order valence-electron chi connectivity index (χ1n) is 7.96. The van der Waals surface area contributed by atoms with Gasteiger partial charge in [-0.1, -0.05) is 45.9 Å². The van der Waals surface area contributed by atoms with E-state index in [1.54, 1.807) is 0 Å². The van der Waals surface area contributed by atoms with Crippen molar-refractivity contribution in [3.8, 4) is 0 Å². The van der Waals surface area contributed by atoms with Crippen LogP contribution in [0.4, 0.5) is 0 Å². The van der Waals surface area contributed by atoms with Crippen LogP contribution in [0.5, 0.6) is 0 Å². The first kappa shape index (κ1) is 15.1. The molecule has 2 rings (SSSR count). The maximum absolute atomic E-state index is 6.21. The second-order valence-electron chi connectivity index (χ2n) is 5.64. The van der Waals surface area contributed by atoms with Gasteiger partial charge in [-0.25, -0.2) is 0 Å². The van der Waals surface area contributed by atoms with Gasteiger partial charge >= 0.3 is 0 Å². The van der Waals surface area contributed by atoms with Crippen LogP contribution in [0.15, 0.2) is 28.7 Å². The van der Waals surface area contributed by atoms with E-state index >= 15 is 0 Å². The smallest absolute Gasteiger partial charge is 0.137 e. The minimum atomic E-state index is 0.326. The van der Waals surface area contributed by atoms with Crippen LogP contribution < -0.4 is 5.32 Å². The zero-order valence-corrected chi connectivity index (χ0v) is 13.2. The molecule has 0 aliphatic heterocycles. The zero-order valence-electron chi connectivity index (χ0n) is 13.2.